The minimum atomic E-state index is 0.239. The second-order valence-corrected chi connectivity index (χ2v) is 8.04. The quantitative estimate of drug-likeness (QED) is 0.597. The number of aryl methyl sites for hydroxylation is 1. The largest absolute Gasteiger partial charge is 0.357 e. The van der Waals surface area contributed by atoms with E-state index in [0.29, 0.717) is 6.54 Å². The van der Waals surface area contributed by atoms with Crippen molar-refractivity contribution in [3.8, 4) is 0 Å². The maximum atomic E-state index is 4.82. The van der Waals surface area contributed by atoms with Gasteiger partial charge in [0, 0.05) is 31.5 Å². The molecule has 2 N–H and O–H groups in total. The topological polar surface area (TPSA) is 67.1 Å². The average molecular weight is 381 g/mol. The summed E-state index contributed by atoms with van der Waals surface area (Å²) in [4.78, 5) is 4.82. The minimum absolute atomic E-state index is 0.239. The van der Waals surface area contributed by atoms with Crippen LogP contribution < -0.4 is 10.6 Å². The third kappa shape index (κ3) is 4.05. The van der Waals surface area contributed by atoms with E-state index >= 15 is 0 Å². The molecule has 0 unspecified atom stereocenters. The summed E-state index contributed by atoms with van der Waals surface area (Å²) in [6.45, 7) is 5.47. The Hall–Kier alpha value is -2.37. The molecule has 6 nitrogen and oxygen atoms in total. The van der Waals surface area contributed by atoms with Gasteiger partial charge in [0.1, 0.15) is 12.4 Å². The van der Waals surface area contributed by atoms with Crippen LogP contribution in [0.1, 0.15) is 62.7 Å². The summed E-state index contributed by atoms with van der Waals surface area (Å²) in [5.74, 6) is 2.98. The van der Waals surface area contributed by atoms with Crippen LogP contribution in [-0.2, 0) is 24.9 Å². The number of fused-ring (bicyclic) bond motifs is 1. The molecule has 0 saturated heterocycles. The van der Waals surface area contributed by atoms with Gasteiger partial charge in [0.15, 0.2) is 11.8 Å². The Labute approximate surface area is 167 Å². The van der Waals surface area contributed by atoms with Gasteiger partial charge in [-0.2, -0.15) is 0 Å². The Morgan fingerprint density at radius 3 is 2.68 bits per heavy atom. The number of benzene rings is 1. The van der Waals surface area contributed by atoms with Gasteiger partial charge >= 0.3 is 0 Å². The molecule has 1 aliphatic carbocycles. The highest BCUT2D eigenvalue weighted by atomic mass is 15.3. The van der Waals surface area contributed by atoms with Crippen molar-refractivity contribution in [3.63, 3.8) is 0 Å². The second-order valence-electron chi connectivity index (χ2n) is 8.04. The summed E-state index contributed by atoms with van der Waals surface area (Å²) in [5.41, 5.74) is 1.68. The first-order chi connectivity index (χ1) is 13.8. The molecule has 28 heavy (non-hydrogen) atoms. The van der Waals surface area contributed by atoms with Crippen molar-refractivity contribution in [1.29, 1.82) is 0 Å². The van der Waals surface area contributed by atoms with E-state index in [4.69, 9.17) is 4.99 Å². The van der Waals surface area contributed by atoms with Crippen LogP contribution in [0.15, 0.2) is 35.3 Å². The molecule has 1 saturated carbocycles. The van der Waals surface area contributed by atoms with E-state index in [9.17, 15) is 0 Å². The number of aliphatic imine (C=N–C) groups is 1. The minimum Gasteiger partial charge on any atom is -0.357 e. The van der Waals surface area contributed by atoms with Crippen LogP contribution >= 0.6 is 0 Å². The number of aromatic nitrogens is 3. The van der Waals surface area contributed by atoms with E-state index in [1.54, 1.807) is 0 Å². The van der Waals surface area contributed by atoms with Crippen LogP contribution in [0.5, 0.6) is 0 Å². The van der Waals surface area contributed by atoms with Crippen molar-refractivity contribution in [2.75, 3.05) is 13.1 Å². The Bertz CT molecular complexity index is 791. The van der Waals surface area contributed by atoms with Crippen LogP contribution in [0.25, 0.3) is 0 Å². The van der Waals surface area contributed by atoms with Crippen molar-refractivity contribution in [1.82, 2.24) is 25.4 Å². The SMILES string of the molecule is CCNC(=NCc1nnc2n1CCCCC2)NCC1(c2ccccc2)CCC1. The van der Waals surface area contributed by atoms with Crippen LogP contribution in [0.3, 0.4) is 0 Å². The summed E-state index contributed by atoms with van der Waals surface area (Å²) >= 11 is 0. The first-order valence-electron chi connectivity index (χ1n) is 10.8. The van der Waals surface area contributed by atoms with Gasteiger partial charge in [-0.05, 0) is 38.2 Å². The normalized spacial score (nSPS) is 18.7. The molecule has 2 heterocycles. The fourth-order valence-corrected chi connectivity index (χ4v) is 4.37. The van der Waals surface area contributed by atoms with Crippen LogP contribution in [-0.4, -0.2) is 33.8 Å². The first-order valence-corrected chi connectivity index (χ1v) is 10.8. The van der Waals surface area contributed by atoms with E-state index in [0.717, 1.165) is 43.7 Å². The highest BCUT2D eigenvalue weighted by molar-refractivity contribution is 5.79. The van der Waals surface area contributed by atoms with E-state index in [1.807, 2.05) is 0 Å². The van der Waals surface area contributed by atoms with Gasteiger partial charge in [0.05, 0.1) is 0 Å². The predicted molar refractivity (Wildman–Crippen MR) is 112 cm³/mol. The van der Waals surface area contributed by atoms with Gasteiger partial charge in [-0.25, -0.2) is 4.99 Å². The lowest BCUT2D eigenvalue weighted by atomic mass is 9.64. The molecule has 2 aromatic rings. The summed E-state index contributed by atoms with van der Waals surface area (Å²) < 4.78 is 2.28. The molecule has 4 rings (SSSR count). The van der Waals surface area contributed by atoms with E-state index in [2.05, 4.69) is 62.7 Å². The predicted octanol–water partition coefficient (Wildman–Crippen LogP) is 3.18. The fourth-order valence-electron chi connectivity index (χ4n) is 4.37. The number of nitrogens with zero attached hydrogens (tertiary/aromatic N) is 4. The van der Waals surface area contributed by atoms with Gasteiger partial charge in [-0.1, -0.05) is 43.2 Å². The van der Waals surface area contributed by atoms with Crippen molar-refractivity contribution < 1.29 is 0 Å². The van der Waals surface area contributed by atoms with Crippen LogP contribution in [0.2, 0.25) is 0 Å². The lowest BCUT2D eigenvalue weighted by Crippen LogP contribution is -2.48. The smallest absolute Gasteiger partial charge is 0.191 e. The van der Waals surface area contributed by atoms with Crippen molar-refractivity contribution in [2.45, 2.75) is 70.4 Å². The molecule has 1 aromatic heterocycles. The summed E-state index contributed by atoms with van der Waals surface area (Å²) in [5, 5.41) is 15.8. The zero-order valence-electron chi connectivity index (χ0n) is 17.0. The molecule has 0 radical (unpaired) electrons. The summed E-state index contributed by atoms with van der Waals surface area (Å²) in [7, 11) is 0. The number of nitrogens with one attached hydrogen (secondary N) is 2. The molecule has 0 atom stereocenters. The molecule has 0 amide bonds. The van der Waals surface area contributed by atoms with Crippen molar-refractivity contribution >= 4 is 5.96 Å². The van der Waals surface area contributed by atoms with E-state index < -0.39 is 0 Å². The molecule has 0 bridgehead atoms. The third-order valence-corrected chi connectivity index (χ3v) is 6.20. The maximum Gasteiger partial charge on any atom is 0.191 e. The average Bonchev–Trinajstić information content (AvgIpc) is 2.92. The first kappa shape index (κ1) is 19.0. The zero-order valence-corrected chi connectivity index (χ0v) is 17.0. The number of hydrogen-bond acceptors (Lipinski definition) is 3. The van der Waals surface area contributed by atoms with Gasteiger partial charge in [0.25, 0.3) is 0 Å². The maximum absolute atomic E-state index is 4.82. The molecular formula is C22H32N6. The highest BCUT2D eigenvalue weighted by Crippen LogP contribution is 2.43. The number of guanidine groups is 1. The Morgan fingerprint density at radius 2 is 1.93 bits per heavy atom. The van der Waals surface area contributed by atoms with Crippen LogP contribution in [0, 0.1) is 0 Å². The van der Waals surface area contributed by atoms with Crippen molar-refractivity contribution in [2.24, 2.45) is 4.99 Å². The number of hydrogen-bond donors (Lipinski definition) is 2. The fraction of sp³-hybridized carbons (Fsp3) is 0.591. The Balaban J connectivity index is 1.43. The number of rotatable bonds is 6. The van der Waals surface area contributed by atoms with E-state index in [-0.39, 0.29) is 5.41 Å². The third-order valence-electron chi connectivity index (χ3n) is 6.20. The summed E-state index contributed by atoms with van der Waals surface area (Å²) in [6.07, 6.45) is 8.51. The van der Waals surface area contributed by atoms with Crippen molar-refractivity contribution in [3.05, 3.63) is 47.5 Å². The lowest BCUT2D eigenvalue weighted by molar-refractivity contribution is 0.244. The lowest BCUT2D eigenvalue weighted by Gasteiger charge is -2.43. The monoisotopic (exact) mass is 380 g/mol. The molecular weight excluding hydrogens is 348 g/mol. The standard InChI is InChI=1S/C22H32N6/c1-2-23-21(24-16-20-27-26-19-12-7-4-8-15-28(19)20)25-17-22(13-9-14-22)18-10-5-3-6-11-18/h3,5-6,10-11H,2,4,7-9,12-17H2,1H3,(H2,23,24,25). The molecule has 6 heteroatoms. The molecule has 1 aliphatic heterocycles. The van der Waals surface area contributed by atoms with Gasteiger partial charge in [-0.3, -0.25) is 0 Å². The zero-order chi connectivity index (χ0) is 19.2. The van der Waals surface area contributed by atoms with Gasteiger partial charge in [0.2, 0.25) is 0 Å². The van der Waals surface area contributed by atoms with Gasteiger partial charge in [-0.15, -0.1) is 10.2 Å². The molecule has 1 aromatic carbocycles. The molecule has 150 valence electrons. The molecule has 1 fully saturated rings. The Kier molecular flexibility index (Phi) is 5.93. The molecule has 2 aliphatic rings. The van der Waals surface area contributed by atoms with Gasteiger partial charge < -0.3 is 15.2 Å². The molecule has 0 spiro atoms. The van der Waals surface area contributed by atoms with E-state index in [1.165, 1.54) is 44.1 Å². The highest BCUT2D eigenvalue weighted by Gasteiger charge is 2.38. The Morgan fingerprint density at radius 1 is 1.07 bits per heavy atom. The summed E-state index contributed by atoms with van der Waals surface area (Å²) in [6, 6.07) is 10.9. The van der Waals surface area contributed by atoms with Crippen LogP contribution in [0.4, 0.5) is 0 Å². The second kappa shape index (κ2) is 8.76.